The van der Waals surface area contributed by atoms with Gasteiger partial charge in [0.15, 0.2) is 0 Å². The maximum absolute atomic E-state index is 12.5. The average molecular weight is 379 g/mol. The van der Waals surface area contributed by atoms with Gasteiger partial charge in [0.05, 0.1) is 11.7 Å². The summed E-state index contributed by atoms with van der Waals surface area (Å²) in [7, 11) is 0. The number of rotatable bonds is 6. The smallest absolute Gasteiger partial charge is 0.416 e. The fraction of sp³-hybridized carbons (Fsp3) is 0.350. The largest absolute Gasteiger partial charge is 0.491 e. The summed E-state index contributed by atoms with van der Waals surface area (Å²) in [5, 5.41) is 2.69. The molecule has 0 radical (unpaired) electrons. The first-order valence-electron chi connectivity index (χ1n) is 8.70. The number of carbonyl (C=O) groups excluding carboxylic acids is 1. The van der Waals surface area contributed by atoms with Gasteiger partial charge < -0.3 is 14.8 Å². The fourth-order valence-corrected chi connectivity index (χ4v) is 2.76. The van der Waals surface area contributed by atoms with E-state index in [2.05, 4.69) is 5.32 Å². The van der Waals surface area contributed by atoms with Crippen molar-refractivity contribution in [2.75, 3.05) is 13.2 Å². The fourth-order valence-electron chi connectivity index (χ4n) is 2.76. The molecule has 0 bridgehead atoms. The summed E-state index contributed by atoms with van der Waals surface area (Å²) < 4.78 is 48.8. The third kappa shape index (κ3) is 5.47. The lowest BCUT2D eigenvalue weighted by atomic mass is 10.1. The van der Waals surface area contributed by atoms with E-state index in [-0.39, 0.29) is 18.6 Å². The van der Waals surface area contributed by atoms with Crippen molar-refractivity contribution in [2.24, 2.45) is 0 Å². The quantitative estimate of drug-likeness (QED) is 0.819. The van der Waals surface area contributed by atoms with Crippen molar-refractivity contribution in [3.63, 3.8) is 0 Å². The van der Waals surface area contributed by atoms with Gasteiger partial charge in [-0.25, -0.2) is 0 Å². The van der Waals surface area contributed by atoms with E-state index in [0.29, 0.717) is 23.5 Å². The Morgan fingerprint density at radius 3 is 2.41 bits per heavy atom. The van der Waals surface area contributed by atoms with Crippen LogP contribution in [-0.2, 0) is 17.5 Å². The van der Waals surface area contributed by atoms with E-state index >= 15 is 0 Å². The molecule has 0 saturated carbocycles. The molecule has 0 spiro atoms. The number of hydrogen-bond acceptors (Lipinski definition) is 3. The molecular weight excluding hydrogens is 359 g/mol. The highest BCUT2D eigenvalue weighted by molar-refractivity contribution is 5.94. The van der Waals surface area contributed by atoms with Crippen molar-refractivity contribution in [3.05, 3.63) is 65.2 Å². The first-order valence-corrected chi connectivity index (χ1v) is 8.70. The lowest BCUT2D eigenvalue weighted by molar-refractivity contribution is -0.137. The number of alkyl halides is 3. The van der Waals surface area contributed by atoms with Crippen LogP contribution in [0.4, 0.5) is 13.2 Å². The Bertz CT molecular complexity index is 752. The Morgan fingerprint density at radius 2 is 1.81 bits per heavy atom. The van der Waals surface area contributed by atoms with Gasteiger partial charge in [0.1, 0.15) is 12.4 Å². The number of benzene rings is 2. The lowest BCUT2D eigenvalue weighted by Gasteiger charge is -2.12. The molecule has 0 aromatic heterocycles. The maximum atomic E-state index is 12.5. The van der Waals surface area contributed by atoms with Gasteiger partial charge in [-0.2, -0.15) is 13.2 Å². The molecule has 2 aromatic carbocycles. The summed E-state index contributed by atoms with van der Waals surface area (Å²) in [6.07, 6.45) is -2.21. The van der Waals surface area contributed by atoms with Gasteiger partial charge in [-0.05, 0) is 54.8 Å². The number of ether oxygens (including phenoxy) is 2. The van der Waals surface area contributed by atoms with Crippen molar-refractivity contribution < 1.29 is 27.4 Å². The van der Waals surface area contributed by atoms with Crippen LogP contribution in [-0.4, -0.2) is 25.2 Å². The maximum Gasteiger partial charge on any atom is 0.416 e. The average Bonchev–Trinajstić information content (AvgIpc) is 3.18. The summed E-state index contributed by atoms with van der Waals surface area (Å²) in [6.45, 7) is 1.40. The number of amides is 1. The molecule has 4 nitrogen and oxygen atoms in total. The molecule has 1 saturated heterocycles. The second kappa shape index (κ2) is 8.43. The van der Waals surface area contributed by atoms with E-state index < -0.39 is 11.7 Å². The molecular formula is C20H20F3NO3. The van der Waals surface area contributed by atoms with Crippen molar-refractivity contribution in [3.8, 4) is 5.75 Å². The zero-order chi connectivity index (χ0) is 19.3. The van der Waals surface area contributed by atoms with E-state index in [1.807, 2.05) is 0 Å². The Kier molecular flexibility index (Phi) is 6.01. The molecule has 1 amide bonds. The van der Waals surface area contributed by atoms with E-state index in [1.54, 1.807) is 24.3 Å². The minimum atomic E-state index is -4.37. The lowest BCUT2D eigenvalue weighted by Crippen LogP contribution is -2.22. The second-order valence-corrected chi connectivity index (χ2v) is 6.35. The van der Waals surface area contributed by atoms with Gasteiger partial charge in [0, 0.05) is 18.7 Å². The molecule has 7 heteroatoms. The first-order chi connectivity index (χ1) is 12.9. The Morgan fingerprint density at radius 1 is 1.11 bits per heavy atom. The van der Waals surface area contributed by atoms with Crippen LogP contribution in [0.1, 0.15) is 34.3 Å². The summed E-state index contributed by atoms with van der Waals surface area (Å²) in [5.41, 5.74) is 0.329. The molecule has 3 rings (SSSR count). The van der Waals surface area contributed by atoms with Gasteiger partial charge in [0.2, 0.25) is 0 Å². The molecule has 1 fully saturated rings. The van der Waals surface area contributed by atoms with Crippen LogP contribution in [0.3, 0.4) is 0 Å². The van der Waals surface area contributed by atoms with E-state index in [9.17, 15) is 18.0 Å². The molecule has 0 aliphatic carbocycles. The SMILES string of the molecule is O=C(NCc1ccc(C(F)(F)F)cc1)c1ccc(OCC2CCCO2)cc1. The van der Waals surface area contributed by atoms with Crippen molar-refractivity contribution in [2.45, 2.75) is 31.7 Å². The monoisotopic (exact) mass is 379 g/mol. The molecule has 1 aliphatic heterocycles. The Balaban J connectivity index is 1.48. The zero-order valence-corrected chi connectivity index (χ0v) is 14.6. The van der Waals surface area contributed by atoms with E-state index in [1.165, 1.54) is 12.1 Å². The third-order valence-electron chi connectivity index (χ3n) is 4.31. The summed E-state index contributed by atoms with van der Waals surface area (Å²) in [5.74, 6) is 0.352. The molecule has 144 valence electrons. The Hall–Kier alpha value is -2.54. The minimum absolute atomic E-state index is 0.122. The van der Waals surface area contributed by atoms with Crippen LogP contribution >= 0.6 is 0 Å². The predicted molar refractivity (Wildman–Crippen MR) is 93.5 cm³/mol. The van der Waals surface area contributed by atoms with Crippen molar-refractivity contribution in [1.29, 1.82) is 0 Å². The normalized spacial score (nSPS) is 16.9. The standard InChI is InChI=1S/C20H20F3NO3/c21-20(22,23)16-7-3-14(4-8-16)12-24-19(25)15-5-9-17(10-6-15)27-13-18-2-1-11-26-18/h3-10,18H,1-2,11-13H2,(H,24,25). The molecule has 2 aromatic rings. The van der Waals surface area contributed by atoms with Crippen molar-refractivity contribution >= 4 is 5.91 Å². The van der Waals surface area contributed by atoms with Crippen LogP contribution in [0.5, 0.6) is 5.75 Å². The number of hydrogen-bond donors (Lipinski definition) is 1. The topological polar surface area (TPSA) is 47.6 Å². The molecule has 1 unspecified atom stereocenters. The molecule has 1 N–H and O–H groups in total. The summed E-state index contributed by atoms with van der Waals surface area (Å²) in [6, 6.07) is 11.4. The Labute approximate surface area is 155 Å². The number of nitrogens with one attached hydrogen (secondary N) is 1. The van der Waals surface area contributed by atoms with Crippen LogP contribution in [0, 0.1) is 0 Å². The van der Waals surface area contributed by atoms with Gasteiger partial charge in [-0.3, -0.25) is 4.79 Å². The van der Waals surface area contributed by atoms with Crippen molar-refractivity contribution in [1.82, 2.24) is 5.32 Å². The molecule has 1 heterocycles. The minimum Gasteiger partial charge on any atom is -0.491 e. The predicted octanol–water partition coefficient (Wildman–Crippen LogP) is 4.19. The number of halogens is 3. The summed E-state index contributed by atoms with van der Waals surface area (Å²) >= 11 is 0. The van der Waals surface area contributed by atoms with Gasteiger partial charge in [-0.1, -0.05) is 12.1 Å². The van der Waals surface area contributed by atoms with Gasteiger partial charge in [-0.15, -0.1) is 0 Å². The van der Waals surface area contributed by atoms with Crippen LogP contribution in [0.15, 0.2) is 48.5 Å². The zero-order valence-electron chi connectivity index (χ0n) is 14.6. The number of carbonyl (C=O) groups is 1. The highest BCUT2D eigenvalue weighted by Gasteiger charge is 2.29. The van der Waals surface area contributed by atoms with E-state index in [4.69, 9.17) is 9.47 Å². The van der Waals surface area contributed by atoms with E-state index in [0.717, 1.165) is 31.6 Å². The van der Waals surface area contributed by atoms with Crippen LogP contribution in [0.25, 0.3) is 0 Å². The highest BCUT2D eigenvalue weighted by atomic mass is 19.4. The molecule has 1 atom stereocenters. The molecule has 1 aliphatic rings. The second-order valence-electron chi connectivity index (χ2n) is 6.35. The van der Waals surface area contributed by atoms with Crippen LogP contribution < -0.4 is 10.1 Å². The van der Waals surface area contributed by atoms with Gasteiger partial charge in [0.25, 0.3) is 5.91 Å². The van der Waals surface area contributed by atoms with Crippen LogP contribution in [0.2, 0.25) is 0 Å². The van der Waals surface area contributed by atoms with Gasteiger partial charge >= 0.3 is 6.18 Å². The first kappa shape index (κ1) is 19.2. The molecule has 27 heavy (non-hydrogen) atoms. The third-order valence-corrected chi connectivity index (χ3v) is 4.31. The highest BCUT2D eigenvalue weighted by Crippen LogP contribution is 2.29. The summed E-state index contributed by atoms with van der Waals surface area (Å²) in [4.78, 5) is 12.2.